The van der Waals surface area contributed by atoms with Crippen LogP contribution in [0.15, 0.2) is 0 Å². The molecule has 108 valence electrons. The normalized spacial score (nSPS) is 44.6. The predicted molar refractivity (Wildman–Crippen MR) is 86.1 cm³/mol. The van der Waals surface area contributed by atoms with Crippen molar-refractivity contribution in [3.05, 3.63) is 0 Å². The maximum Gasteiger partial charge on any atom is 0.124 e. The third-order valence-electron chi connectivity index (χ3n) is 6.84. The van der Waals surface area contributed by atoms with Crippen molar-refractivity contribution in [2.75, 3.05) is 0 Å². The molecule has 1 heteroatoms. The molecule has 1 atom stereocenters. The molecule has 1 unspecified atom stereocenters. The van der Waals surface area contributed by atoms with Gasteiger partial charge in [-0.15, -0.1) is 0 Å². The molecule has 0 aromatic rings. The van der Waals surface area contributed by atoms with Crippen LogP contribution in [0, 0.1) is 23.7 Å². The molecule has 3 fully saturated rings. The highest BCUT2D eigenvalue weighted by molar-refractivity contribution is 6.41. The number of rotatable bonds is 2. The molecular weight excluding hydrogens is 227 g/mol. The van der Waals surface area contributed by atoms with Gasteiger partial charge in [-0.25, -0.2) is 0 Å². The molecule has 19 heavy (non-hydrogen) atoms. The lowest BCUT2D eigenvalue weighted by Crippen LogP contribution is -2.29. The van der Waals surface area contributed by atoms with Crippen LogP contribution in [0.25, 0.3) is 0 Å². The minimum Gasteiger partial charge on any atom is -0.0776 e. The summed E-state index contributed by atoms with van der Waals surface area (Å²) < 4.78 is 0. The van der Waals surface area contributed by atoms with Gasteiger partial charge in [0.05, 0.1) is 0 Å². The van der Waals surface area contributed by atoms with E-state index >= 15 is 0 Å². The Morgan fingerprint density at radius 3 is 1.68 bits per heavy atom. The van der Waals surface area contributed by atoms with Gasteiger partial charge in [0.2, 0.25) is 0 Å². The fourth-order valence-corrected chi connectivity index (χ4v) is 5.22. The Labute approximate surface area is 121 Å². The summed E-state index contributed by atoms with van der Waals surface area (Å²) >= 11 is 0. The summed E-state index contributed by atoms with van der Waals surface area (Å²) in [5.74, 6) is 5.52. The van der Waals surface area contributed by atoms with Gasteiger partial charge in [-0.05, 0) is 36.5 Å². The van der Waals surface area contributed by atoms with Crippen LogP contribution in [0.5, 0.6) is 0 Å². The van der Waals surface area contributed by atoms with E-state index in [1.54, 1.807) is 52.2 Å². The average molecular weight is 260 g/mol. The summed E-state index contributed by atoms with van der Waals surface area (Å²) in [5.41, 5.74) is 0. The van der Waals surface area contributed by atoms with Gasteiger partial charge in [0.25, 0.3) is 0 Å². The molecule has 0 N–H and O–H groups in total. The van der Waals surface area contributed by atoms with Crippen LogP contribution < -0.4 is 0 Å². The zero-order valence-corrected chi connectivity index (χ0v) is 13.1. The van der Waals surface area contributed by atoms with E-state index in [9.17, 15) is 0 Å². The molecular formula is C18H33B. The average Bonchev–Trinajstić information content (AvgIpc) is 2.33. The highest BCUT2D eigenvalue weighted by Crippen LogP contribution is 2.46. The minimum absolute atomic E-state index is 1.01. The van der Waals surface area contributed by atoms with E-state index < -0.39 is 0 Å². The Kier molecular flexibility index (Phi) is 4.93. The lowest BCUT2D eigenvalue weighted by molar-refractivity contribution is 0.164. The summed E-state index contributed by atoms with van der Waals surface area (Å²) in [4.78, 5) is 0. The zero-order valence-electron chi connectivity index (χ0n) is 13.1. The second kappa shape index (κ2) is 6.68. The molecule has 0 bridgehead atoms. The third-order valence-corrected chi connectivity index (χ3v) is 6.84. The van der Waals surface area contributed by atoms with E-state index in [0.717, 1.165) is 29.5 Å². The molecule has 0 amide bonds. The van der Waals surface area contributed by atoms with Crippen LogP contribution >= 0.6 is 0 Å². The maximum atomic E-state index is 2.46. The molecule has 2 aliphatic carbocycles. The highest BCUT2D eigenvalue weighted by atomic mass is 14.4. The van der Waals surface area contributed by atoms with Crippen LogP contribution in [0.2, 0.25) is 12.1 Å². The fourth-order valence-electron chi connectivity index (χ4n) is 5.22. The van der Waals surface area contributed by atoms with E-state index in [0.29, 0.717) is 0 Å². The smallest absolute Gasteiger partial charge is 0.0776 e. The Hall–Kier alpha value is 0.0649. The molecule has 0 aromatic carbocycles. The monoisotopic (exact) mass is 260 g/mol. The van der Waals surface area contributed by atoms with Crippen LogP contribution in [-0.2, 0) is 0 Å². The van der Waals surface area contributed by atoms with Crippen LogP contribution in [0.3, 0.4) is 0 Å². The molecule has 2 saturated carbocycles. The second-order valence-corrected chi connectivity index (χ2v) is 8.09. The summed E-state index contributed by atoms with van der Waals surface area (Å²) in [6.45, 7) is 2.46. The van der Waals surface area contributed by atoms with Crippen molar-refractivity contribution in [2.45, 2.75) is 89.7 Å². The van der Waals surface area contributed by atoms with E-state index in [-0.39, 0.29) is 0 Å². The highest BCUT2D eigenvalue weighted by Gasteiger charge is 2.33. The van der Waals surface area contributed by atoms with Crippen molar-refractivity contribution in [3.8, 4) is 0 Å². The largest absolute Gasteiger partial charge is 0.124 e. The predicted octanol–water partition coefficient (Wildman–Crippen LogP) is 5.45. The zero-order chi connectivity index (χ0) is 13.1. The van der Waals surface area contributed by atoms with Crippen molar-refractivity contribution in [1.82, 2.24) is 0 Å². The van der Waals surface area contributed by atoms with E-state index in [4.69, 9.17) is 0 Å². The molecule has 0 radical (unpaired) electrons. The van der Waals surface area contributed by atoms with Crippen LogP contribution in [0.4, 0.5) is 0 Å². The fraction of sp³-hybridized carbons (Fsp3) is 1.00. The Bertz CT molecular complexity index is 253. The van der Waals surface area contributed by atoms with Gasteiger partial charge in [-0.3, -0.25) is 0 Å². The summed E-state index contributed by atoms with van der Waals surface area (Å²) in [6, 6.07) is 0. The Morgan fingerprint density at radius 2 is 1.16 bits per heavy atom. The van der Waals surface area contributed by atoms with E-state index in [2.05, 4.69) is 6.92 Å². The first kappa shape index (κ1) is 14.0. The van der Waals surface area contributed by atoms with Crippen LogP contribution in [0.1, 0.15) is 77.6 Å². The summed E-state index contributed by atoms with van der Waals surface area (Å²) in [5, 5.41) is 0. The van der Waals surface area contributed by atoms with Gasteiger partial charge in [0, 0.05) is 0 Å². The molecule has 1 heterocycles. The van der Waals surface area contributed by atoms with Crippen molar-refractivity contribution in [1.29, 1.82) is 0 Å². The second-order valence-electron chi connectivity index (χ2n) is 8.09. The van der Waals surface area contributed by atoms with Gasteiger partial charge in [-0.2, -0.15) is 0 Å². The van der Waals surface area contributed by atoms with Gasteiger partial charge >= 0.3 is 0 Å². The standard InChI is InChI=1S/C18H33B/c1-14-4-2-6-15(7-3-5-14)16-8-10-17(11-9-16)18-12-13-19-18/h14-19H,2-13H2,1H3. The minimum atomic E-state index is 1.01. The first-order valence-corrected chi connectivity index (χ1v) is 9.33. The lowest BCUT2D eigenvalue weighted by Gasteiger charge is -2.40. The van der Waals surface area contributed by atoms with E-state index in [1.165, 1.54) is 32.0 Å². The lowest BCUT2D eigenvalue weighted by atomic mass is 9.43. The third kappa shape index (κ3) is 3.58. The maximum absolute atomic E-state index is 2.46. The molecule has 0 spiro atoms. The van der Waals surface area contributed by atoms with Gasteiger partial charge in [0.15, 0.2) is 0 Å². The molecule has 0 aromatic heterocycles. The van der Waals surface area contributed by atoms with Crippen molar-refractivity contribution in [3.63, 3.8) is 0 Å². The molecule has 3 aliphatic rings. The van der Waals surface area contributed by atoms with Gasteiger partial charge in [0.1, 0.15) is 7.28 Å². The van der Waals surface area contributed by atoms with Crippen molar-refractivity contribution in [2.24, 2.45) is 23.7 Å². The summed E-state index contributed by atoms with van der Waals surface area (Å²) in [6.07, 6.45) is 18.6. The Morgan fingerprint density at radius 1 is 0.632 bits per heavy atom. The van der Waals surface area contributed by atoms with Crippen molar-refractivity contribution < 1.29 is 0 Å². The quantitative estimate of drug-likeness (QED) is 0.579. The SMILES string of the molecule is CC1CCCC(C2CCC(C3BCC3)CC2)CCC1. The van der Waals surface area contributed by atoms with Gasteiger partial charge < -0.3 is 0 Å². The number of hydrogen-bond donors (Lipinski definition) is 0. The van der Waals surface area contributed by atoms with Crippen molar-refractivity contribution >= 4 is 7.28 Å². The molecule has 1 aliphatic heterocycles. The Balaban J connectivity index is 1.44. The molecule has 3 rings (SSSR count). The summed E-state index contributed by atoms with van der Waals surface area (Å²) in [7, 11) is 1.57. The van der Waals surface area contributed by atoms with Crippen LogP contribution in [-0.4, -0.2) is 7.28 Å². The number of hydrogen-bond acceptors (Lipinski definition) is 0. The molecule has 0 nitrogen and oxygen atoms in total. The first-order chi connectivity index (χ1) is 9.33. The van der Waals surface area contributed by atoms with E-state index in [1.807, 2.05) is 0 Å². The van der Waals surface area contributed by atoms with Gasteiger partial charge in [-0.1, -0.05) is 76.8 Å². The molecule has 1 saturated heterocycles. The first-order valence-electron chi connectivity index (χ1n) is 9.33. The topological polar surface area (TPSA) is 0 Å².